The summed E-state index contributed by atoms with van der Waals surface area (Å²) in [4.78, 5) is 0. The highest BCUT2D eigenvalue weighted by Crippen LogP contribution is 2.15. The van der Waals surface area contributed by atoms with Crippen molar-refractivity contribution in [3.8, 4) is 0 Å². The summed E-state index contributed by atoms with van der Waals surface area (Å²) in [6.45, 7) is 2.00. The van der Waals surface area contributed by atoms with Crippen molar-refractivity contribution in [2.75, 3.05) is 6.26 Å². The maximum Gasteiger partial charge on any atom is 0.136 e. The number of benzene rings is 1. The van der Waals surface area contributed by atoms with Gasteiger partial charge in [0.1, 0.15) is 12.4 Å². The fraction of sp³-hybridized carbons (Fsp3) is 0.286. The zero-order valence-corrected chi connectivity index (χ0v) is 11.8. The van der Waals surface area contributed by atoms with Crippen molar-refractivity contribution in [2.45, 2.75) is 19.6 Å². The van der Waals surface area contributed by atoms with Crippen LogP contribution in [0.2, 0.25) is 0 Å². The van der Waals surface area contributed by atoms with Crippen molar-refractivity contribution in [1.82, 2.24) is 0 Å². The first-order valence-electron chi connectivity index (χ1n) is 5.96. The molecule has 0 aliphatic carbocycles. The maximum absolute atomic E-state index is 11.9. The van der Waals surface area contributed by atoms with Gasteiger partial charge in [0.15, 0.2) is 0 Å². The van der Waals surface area contributed by atoms with E-state index < -0.39 is 15.8 Å². The number of allylic oxidation sites excluding steroid dienone is 1. The lowest BCUT2D eigenvalue weighted by molar-refractivity contribution is 0.196. The van der Waals surface area contributed by atoms with E-state index in [4.69, 9.17) is 4.74 Å². The monoisotopic (exact) mass is 279 g/mol. The number of nitrogens with zero attached hydrogens (tertiary/aromatic N) is 1. The summed E-state index contributed by atoms with van der Waals surface area (Å²) in [7, 11) is -2.40. The average molecular weight is 279 g/mol. The third-order valence-electron chi connectivity index (χ3n) is 2.70. The molecule has 0 fully saturated rings. The molecule has 102 valence electrons. The smallest absolute Gasteiger partial charge is 0.136 e. The molecule has 0 saturated carbocycles. The standard InChI is InChI=1S/C14H17NO3S/c1-11(16)13-8-15-19(2,17)10-14(13)18-9-12-6-4-3-5-7-12/h3-8,10-11,16H,9H2,1-2H3/t11-,19?/m1/s1. The van der Waals surface area contributed by atoms with Crippen LogP contribution in [0, 0.1) is 0 Å². The Morgan fingerprint density at radius 1 is 1.37 bits per heavy atom. The van der Waals surface area contributed by atoms with Crippen LogP contribution in [-0.4, -0.2) is 33.3 Å². The highest BCUT2D eigenvalue weighted by Gasteiger charge is 2.16. The fourth-order valence-corrected chi connectivity index (χ4v) is 2.67. The molecule has 1 aliphatic heterocycles. The molecule has 0 radical (unpaired) electrons. The van der Waals surface area contributed by atoms with Crippen molar-refractivity contribution in [3.05, 3.63) is 47.2 Å². The minimum Gasteiger partial charge on any atom is -0.488 e. The van der Waals surface area contributed by atoms with Gasteiger partial charge in [0.25, 0.3) is 0 Å². The summed E-state index contributed by atoms with van der Waals surface area (Å²) in [5.41, 5.74) is 1.57. The molecule has 1 unspecified atom stereocenters. The van der Waals surface area contributed by atoms with Crippen molar-refractivity contribution in [3.63, 3.8) is 0 Å². The summed E-state index contributed by atoms with van der Waals surface area (Å²) in [5, 5.41) is 11.2. The number of hydrogen-bond donors (Lipinski definition) is 1. The zero-order chi connectivity index (χ0) is 13.9. The van der Waals surface area contributed by atoms with Gasteiger partial charge in [-0.2, -0.15) is 0 Å². The summed E-state index contributed by atoms with van der Waals surface area (Å²) in [6.07, 6.45) is 2.27. The number of aliphatic hydroxyl groups excluding tert-OH is 1. The minimum atomic E-state index is -2.40. The molecule has 2 atom stereocenters. The lowest BCUT2D eigenvalue weighted by Gasteiger charge is -2.17. The Hall–Kier alpha value is -1.59. The molecule has 1 aromatic carbocycles. The third-order valence-corrected chi connectivity index (χ3v) is 3.87. The van der Waals surface area contributed by atoms with Crippen LogP contribution in [0.25, 0.3) is 0 Å². The first-order chi connectivity index (χ1) is 8.98. The topological polar surface area (TPSA) is 58.9 Å². The van der Waals surface area contributed by atoms with Crippen LogP contribution in [0.5, 0.6) is 0 Å². The van der Waals surface area contributed by atoms with Crippen molar-refractivity contribution < 1.29 is 14.1 Å². The van der Waals surface area contributed by atoms with E-state index >= 15 is 0 Å². The van der Waals surface area contributed by atoms with E-state index in [1.54, 1.807) is 6.92 Å². The van der Waals surface area contributed by atoms with Gasteiger partial charge in [0, 0.05) is 18.0 Å². The molecular weight excluding hydrogens is 262 g/mol. The van der Waals surface area contributed by atoms with E-state index in [2.05, 4.69) is 4.40 Å². The van der Waals surface area contributed by atoms with Crippen LogP contribution in [0.1, 0.15) is 12.5 Å². The summed E-state index contributed by atoms with van der Waals surface area (Å²) >= 11 is 0. The maximum atomic E-state index is 11.9. The van der Waals surface area contributed by atoms with Crippen LogP contribution < -0.4 is 0 Å². The Labute approximate surface area is 113 Å². The van der Waals surface area contributed by atoms with Crippen molar-refractivity contribution in [1.29, 1.82) is 0 Å². The molecule has 0 aromatic heterocycles. The van der Waals surface area contributed by atoms with E-state index in [-0.39, 0.29) is 0 Å². The van der Waals surface area contributed by atoms with E-state index in [9.17, 15) is 9.32 Å². The van der Waals surface area contributed by atoms with E-state index in [1.165, 1.54) is 17.8 Å². The van der Waals surface area contributed by atoms with Gasteiger partial charge in [-0.1, -0.05) is 30.3 Å². The van der Waals surface area contributed by atoms with Gasteiger partial charge in [0.2, 0.25) is 0 Å². The fourth-order valence-electron chi connectivity index (χ4n) is 1.69. The molecule has 0 bridgehead atoms. The second-order valence-electron chi connectivity index (χ2n) is 4.48. The van der Waals surface area contributed by atoms with Crippen LogP contribution in [0.3, 0.4) is 0 Å². The number of rotatable bonds is 4. The summed E-state index contributed by atoms with van der Waals surface area (Å²) in [6, 6.07) is 9.68. The summed E-state index contributed by atoms with van der Waals surface area (Å²) in [5.74, 6) is 0.446. The SMILES string of the molecule is C[C@@H](O)C1=C(OCc2ccccc2)C=S(C)(=O)N=C1. The molecule has 0 saturated heterocycles. The van der Waals surface area contributed by atoms with Crippen molar-refractivity contribution in [2.24, 2.45) is 4.40 Å². The molecule has 0 amide bonds. The largest absolute Gasteiger partial charge is 0.488 e. The predicted molar refractivity (Wildman–Crippen MR) is 78.6 cm³/mol. The Morgan fingerprint density at radius 2 is 2.05 bits per heavy atom. The second-order valence-corrected chi connectivity index (χ2v) is 6.65. The Morgan fingerprint density at radius 3 is 2.68 bits per heavy atom. The first-order valence-corrected chi connectivity index (χ1v) is 7.95. The lowest BCUT2D eigenvalue weighted by Crippen LogP contribution is -2.18. The van der Waals surface area contributed by atoms with Gasteiger partial charge in [-0.25, -0.2) is 8.61 Å². The summed E-state index contributed by atoms with van der Waals surface area (Å²) < 4.78 is 21.5. The molecule has 5 heteroatoms. The second kappa shape index (κ2) is 5.59. The van der Waals surface area contributed by atoms with Gasteiger partial charge < -0.3 is 9.84 Å². The molecule has 1 aliphatic rings. The van der Waals surface area contributed by atoms with Crippen LogP contribution >= 0.6 is 0 Å². The highest BCUT2D eigenvalue weighted by atomic mass is 32.2. The Bertz CT molecular complexity index is 623. The van der Waals surface area contributed by atoms with Gasteiger partial charge in [-0.3, -0.25) is 0 Å². The number of hydrogen-bond acceptors (Lipinski definition) is 3. The van der Waals surface area contributed by atoms with Gasteiger partial charge in [0.05, 0.1) is 21.2 Å². The minimum absolute atomic E-state index is 0.367. The van der Waals surface area contributed by atoms with Crippen LogP contribution in [0.4, 0.5) is 0 Å². The van der Waals surface area contributed by atoms with Crippen molar-refractivity contribution >= 4 is 21.3 Å². The zero-order valence-electron chi connectivity index (χ0n) is 10.9. The molecule has 0 spiro atoms. The third kappa shape index (κ3) is 3.68. The lowest BCUT2D eigenvalue weighted by atomic mass is 10.1. The van der Waals surface area contributed by atoms with Crippen LogP contribution in [0.15, 0.2) is 46.1 Å². The average Bonchev–Trinajstić information content (AvgIpc) is 2.36. The Balaban J connectivity index is 2.23. The molecule has 1 aromatic rings. The molecule has 1 N–H and O–H groups in total. The quantitative estimate of drug-likeness (QED) is 0.851. The molecule has 1 heterocycles. The highest BCUT2D eigenvalue weighted by molar-refractivity contribution is 7.99. The molecule has 2 rings (SSSR count). The van der Waals surface area contributed by atoms with E-state index in [0.717, 1.165) is 5.56 Å². The first kappa shape index (κ1) is 13.8. The number of aliphatic hydroxyl groups is 1. The predicted octanol–water partition coefficient (Wildman–Crippen LogP) is 1.55. The van der Waals surface area contributed by atoms with E-state index in [0.29, 0.717) is 17.9 Å². The molecule has 4 nitrogen and oxygen atoms in total. The number of ether oxygens (including phenoxy) is 1. The van der Waals surface area contributed by atoms with E-state index in [1.807, 2.05) is 30.3 Å². The molecular formula is C14H17NO3S. The van der Waals surface area contributed by atoms with Gasteiger partial charge >= 0.3 is 0 Å². The molecule has 19 heavy (non-hydrogen) atoms. The van der Waals surface area contributed by atoms with Gasteiger partial charge in [-0.05, 0) is 12.5 Å². The van der Waals surface area contributed by atoms with Crippen LogP contribution in [-0.2, 0) is 21.1 Å². The normalized spacial score (nSPS) is 23.9. The Kier molecular flexibility index (Phi) is 4.07. The van der Waals surface area contributed by atoms with Gasteiger partial charge in [-0.15, -0.1) is 0 Å².